The summed E-state index contributed by atoms with van der Waals surface area (Å²) >= 11 is 0. The highest BCUT2D eigenvalue weighted by atomic mass is 16.5. The van der Waals surface area contributed by atoms with Crippen LogP contribution in [0.1, 0.15) is 57.7 Å². The molecule has 0 aromatic carbocycles. The summed E-state index contributed by atoms with van der Waals surface area (Å²) in [6.45, 7) is 8.84. The molecule has 4 heteroatoms. The van der Waals surface area contributed by atoms with Gasteiger partial charge in [0.25, 0.3) is 0 Å². The van der Waals surface area contributed by atoms with Crippen LogP contribution in [0.4, 0.5) is 0 Å². The molecule has 1 N–H and O–H groups in total. The molecular weight excluding hydrogens is 226 g/mol. The second-order valence-corrected chi connectivity index (χ2v) is 4.32. The van der Waals surface area contributed by atoms with Crippen LogP contribution in [0.3, 0.4) is 0 Å². The molecule has 1 unspecified atom stereocenters. The highest BCUT2D eigenvalue weighted by Gasteiger charge is 2.13. The number of nitrogens with zero attached hydrogens (tertiary/aromatic N) is 2. The Labute approximate surface area is 110 Å². The Morgan fingerprint density at radius 2 is 2.11 bits per heavy atom. The molecule has 1 heterocycles. The molecule has 1 rings (SSSR count). The molecule has 0 bridgehead atoms. The maximum Gasteiger partial charge on any atom is 0.157 e. The number of nitrogens with one attached hydrogen (secondary N) is 1. The molecule has 0 radical (unpaired) electrons. The zero-order valence-corrected chi connectivity index (χ0v) is 11.8. The van der Waals surface area contributed by atoms with Gasteiger partial charge in [-0.25, -0.2) is 9.97 Å². The van der Waals surface area contributed by atoms with Crippen molar-refractivity contribution in [2.45, 2.75) is 52.7 Å². The van der Waals surface area contributed by atoms with Gasteiger partial charge in [0, 0.05) is 19.3 Å². The minimum Gasteiger partial charge on any atom is -0.371 e. The van der Waals surface area contributed by atoms with Crippen molar-refractivity contribution >= 4 is 0 Å². The van der Waals surface area contributed by atoms with E-state index in [0.717, 1.165) is 43.9 Å². The Kier molecular flexibility index (Phi) is 7.53. The molecule has 0 aliphatic rings. The maximum atomic E-state index is 5.70. The molecular formula is C14H25N3O. The maximum absolute atomic E-state index is 5.70. The third-order valence-electron chi connectivity index (χ3n) is 2.67. The molecule has 0 spiro atoms. The van der Waals surface area contributed by atoms with Crippen LogP contribution in [-0.2, 0) is 11.3 Å². The van der Waals surface area contributed by atoms with E-state index in [1.165, 1.54) is 0 Å². The molecule has 0 aliphatic carbocycles. The first-order valence-corrected chi connectivity index (χ1v) is 6.95. The van der Waals surface area contributed by atoms with Crippen LogP contribution in [0.2, 0.25) is 0 Å². The fraction of sp³-hybridized carbons (Fsp3) is 0.714. The lowest BCUT2D eigenvalue weighted by atomic mass is 10.2. The average molecular weight is 251 g/mol. The second kappa shape index (κ2) is 9.00. The molecule has 0 aliphatic heterocycles. The molecule has 4 nitrogen and oxygen atoms in total. The van der Waals surface area contributed by atoms with E-state index in [0.29, 0.717) is 6.61 Å². The summed E-state index contributed by atoms with van der Waals surface area (Å²) in [5.74, 6) is 0.814. The van der Waals surface area contributed by atoms with Gasteiger partial charge in [-0.1, -0.05) is 20.3 Å². The van der Waals surface area contributed by atoms with Crippen LogP contribution >= 0.6 is 0 Å². The lowest BCUT2D eigenvalue weighted by Gasteiger charge is -2.15. The first-order valence-electron chi connectivity index (χ1n) is 6.95. The van der Waals surface area contributed by atoms with Crippen LogP contribution in [0.25, 0.3) is 0 Å². The zero-order chi connectivity index (χ0) is 13.2. The van der Waals surface area contributed by atoms with Gasteiger partial charge in [0.05, 0.1) is 5.69 Å². The highest BCUT2D eigenvalue weighted by Crippen LogP contribution is 2.19. The van der Waals surface area contributed by atoms with Crippen LogP contribution in [0, 0.1) is 0 Å². The Morgan fingerprint density at radius 1 is 1.28 bits per heavy atom. The first kappa shape index (κ1) is 15.1. The van der Waals surface area contributed by atoms with E-state index in [2.05, 4.69) is 29.1 Å². The van der Waals surface area contributed by atoms with Gasteiger partial charge in [-0.3, -0.25) is 0 Å². The van der Waals surface area contributed by atoms with Crippen molar-refractivity contribution in [2.24, 2.45) is 0 Å². The number of hydrogen-bond acceptors (Lipinski definition) is 4. The van der Waals surface area contributed by atoms with Gasteiger partial charge in [-0.2, -0.15) is 0 Å². The molecule has 1 atom stereocenters. The van der Waals surface area contributed by atoms with Gasteiger partial charge >= 0.3 is 0 Å². The van der Waals surface area contributed by atoms with E-state index in [1.54, 1.807) is 0 Å². The molecule has 18 heavy (non-hydrogen) atoms. The van der Waals surface area contributed by atoms with E-state index in [-0.39, 0.29) is 6.10 Å². The van der Waals surface area contributed by atoms with E-state index in [4.69, 9.17) is 4.74 Å². The normalized spacial score (nSPS) is 12.6. The van der Waals surface area contributed by atoms with Crippen LogP contribution in [0.5, 0.6) is 0 Å². The van der Waals surface area contributed by atoms with Crippen molar-refractivity contribution in [3.63, 3.8) is 0 Å². The summed E-state index contributed by atoms with van der Waals surface area (Å²) < 4.78 is 5.70. The third-order valence-corrected chi connectivity index (χ3v) is 2.67. The number of rotatable bonds is 9. The van der Waals surface area contributed by atoms with E-state index in [1.807, 2.05) is 19.2 Å². The van der Waals surface area contributed by atoms with E-state index in [9.17, 15) is 0 Å². The van der Waals surface area contributed by atoms with Crippen molar-refractivity contribution in [3.8, 4) is 0 Å². The molecule has 0 saturated carbocycles. The fourth-order valence-electron chi connectivity index (χ4n) is 1.81. The van der Waals surface area contributed by atoms with Crippen LogP contribution in [0.15, 0.2) is 12.3 Å². The van der Waals surface area contributed by atoms with Gasteiger partial charge in [0.2, 0.25) is 0 Å². The molecule has 0 amide bonds. The highest BCUT2D eigenvalue weighted by molar-refractivity contribution is 5.04. The summed E-state index contributed by atoms with van der Waals surface area (Å²) in [7, 11) is 0. The Morgan fingerprint density at radius 3 is 2.78 bits per heavy atom. The first-order chi connectivity index (χ1) is 8.81. The van der Waals surface area contributed by atoms with Crippen LogP contribution in [-0.4, -0.2) is 23.1 Å². The fourth-order valence-corrected chi connectivity index (χ4v) is 1.81. The van der Waals surface area contributed by atoms with Crippen molar-refractivity contribution in [1.82, 2.24) is 15.3 Å². The SMILES string of the molecule is CCCNCc1ccnc(C(CCC)OCC)n1. The van der Waals surface area contributed by atoms with Gasteiger partial charge in [-0.15, -0.1) is 0 Å². The molecule has 102 valence electrons. The van der Waals surface area contributed by atoms with Crippen molar-refractivity contribution < 1.29 is 4.74 Å². The van der Waals surface area contributed by atoms with Gasteiger partial charge in [0.15, 0.2) is 5.82 Å². The average Bonchev–Trinajstić information content (AvgIpc) is 2.39. The number of hydrogen-bond donors (Lipinski definition) is 1. The molecule has 1 aromatic heterocycles. The summed E-state index contributed by atoms with van der Waals surface area (Å²) in [4.78, 5) is 8.92. The minimum absolute atomic E-state index is 0.0334. The van der Waals surface area contributed by atoms with Crippen molar-refractivity contribution in [1.29, 1.82) is 0 Å². The summed E-state index contributed by atoms with van der Waals surface area (Å²) in [6.07, 6.45) is 5.04. The lowest BCUT2D eigenvalue weighted by Crippen LogP contribution is -2.16. The van der Waals surface area contributed by atoms with Crippen molar-refractivity contribution in [2.75, 3.05) is 13.2 Å². The molecule has 0 saturated heterocycles. The van der Waals surface area contributed by atoms with E-state index >= 15 is 0 Å². The Bertz CT molecular complexity index is 325. The quantitative estimate of drug-likeness (QED) is 0.686. The van der Waals surface area contributed by atoms with Crippen LogP contribution < -0.4 is 5.32 Å². The topological polar surface area (TPSA) is 47.0 Å². The minimum atomic E-state index is 0.0334. The Hall–Kier alpha value is -1.00. The zero-order valence-electron chi connectivity index (χ0n) is 11.8. The molecule has 1 aromatic rings. The standard InChI is InChI=1S/C14H25N3O/c1-4-7-13(18-6-3)14-16-10-8-12(17-14)11-15-9-5-2/h8,10,13,15H,4-7,9,11H2,1-3H3. The molecule has 0 fully saturated rings. The number of ether oxygens (including phenoxy) is 1. The Balaban J connectivity index is 2.65. The van der Waals surface area contributed by atoms with Gasteiger partial charge < -0.3 is 10.1 Å². The number of aromatic nitrogens is 2. The summed E-state index contributed by atoms with van der Waals surface area (Å²) in [5, 5.41) is 3.35. The second-order valence-electron chi connectivity index (χ2n) is 4.32. The van der Waals surface area contributed by atoms with E-state index < -0.39 is 0 Å². The lowest BCUT2D eigenvalue weighted by molar-refractivity contribution is 0.0492. The predicted octanol–water partition coefficient (Wildman–Crippen LogP) is 2.85. The third kappa shape index (κ3) is 5.10. The van der Waals surface area contributed by atoms with Gasteiger partial charge in [0.1, 0.15) is 6.10 Å². The summed E-state index contributed by atoms with van der Waals surface area (Å²) in [5.41, 5.74) is 1.04. The van der Waals surface area contributed by atoms with Crippen molar-refractivity contribution in [3.05, 3.63) is 23.8 Å². The smallest absolute Gasteiger partial charge is 0.157 e. The monoisotopic (exact) mass is 251 g/mol. The predicted molar refractivity (Wildman–Crippen MR) is 73.3 cm³/mol. The largest absolute Gasteiger partial charge is 0.371 e. The summed E-state index contributed by atoms with van der Waals surface area (Å²) in [6, 6.07) is 1.96. The van der Waals surface area contributed by atoms with Gasteiger partial charge in [-0.05, 0) is 32.4 Å².